The van der Waals surface area contributed by atoms with Gasteiger partial charge in [0.1, 0.15) is 18.1 Å². The second-order valence-electron chi connectivity index (χ2n) is 7.04. The summed E-state index contributed by atoms with van der Waals surface area (Å²) in [6.45, 7) is 1.02. The SMILES string of the molecule is CN(Cc1ccccc1)CN1N=NC(c2ccc(O)cc2)=C(F)N1c1ccccc1. The first-order valence-corrected chi connectivity index (χ1v) is 9.58. The molecule has 0 amide bonds. The van der Waals surface area contributed by atoms with E-state index in [0.717, 1.165) is 5.56 Å². The normalized spacial score (nSPS) is 14.0. The number of phenols is 1. The number of para-hydroxylation sites is 1. The Morgan fingerprint density at radius 3 is 2.20 bits per heavy atom. The maximum atomic E-state index is 15.6. The van der Waals surface area contributed by atoms with Gasteiger partial charge in [-0.1, -0.05) is 48.5 Å². The van der Waals surface area contributed by atoms with Gasteiger partial charge in [-0.05, 0) is 54.2 Å². The average Bonchev–Trinajstić information content (AvgIpc) is 2.76. The van der Waals surface area contributed by atoms with Crippen molar-refractivity contribution in [3.8, 4) is 5.75 Å². The predicted molar refractivity (Wildman–Crippen MR) is 115 cm³/mol. The zero-order valence-electron chi connectivity index (χ0n) is 16.6. The van der Waals surface area contributed by atoms with E-state index in [1.165, 1.54) is 22.3 Å². The molecule has 7 heteroatoms. The predicted octanol–water partition coefficient (Wildman–Crippen LogP) is 5.18. The van der Waals surface area contributed by atoms with E-state index >= 15 is 4.39 Å². The van der Waals surface area contributed by atoms with Crippen LogP contribution in [0.4, 0.5) is 10.1 Å². The number of hydrogen-bond donors (Lipinski definition) is 1. The van der Waals surface area contributed by atoms with E-state index in [0.29, 0.717) is 24.5 Å². The molecule has 30 heavy (non-hydrogen) atoms. The highest BCUT2D eigenvalue weighted by molar-refractivity contribution is 5.71. The zero-order chi connectivity index (χ0) is 20.9. The van der Waals surface area contributed by atoms with Gasteiger partial charge in [0.2, 0.25) is 5.95 Å². The Kier molecular flexibility index (Phi) is 5.72. The van der Waals surface area contributed by atoms with E-state index in [2.05, 4.69) is 10.3 Å². The molecule has 0 saturated heterocycles. The van der Waals surface area contributed by atoms with Gasteiger partial charge in [-0.25, -0.2) is 5.01 Å². The van der Waals surface area contributed by atoms with E-state index in [1.54, 1.807) is 12.1 Å². The van der Waals surface area contributed by atoms with Gasteiger partial charge in [-0.15, -0.1) is 5.11 Å². The minimum absolute atomic E-state index is 0.108. The zero-order valence-corrected chi connectivity index (χ0v) is 16.6. The summed E-state index contributed by atoms with van der Waals surface area (Å²) in [6.07, 6.45) is 0. The van der Waals surface area contributed by atoms with Crippen LogP contribution in [-0.2, 0) is 6.54 Å². The van der Waals surface area contributed by atoms with Crippen molar-refractivity contribution in [2.24, 2.45) is 10.3 Å². The Morgan fingerprint density at radius 2 is 1.53 bits per heavy atom. The highest BCUT2D eigenvalue weighted by Gasteiger charge is 2.28. The van der Waals surface area contributed by atoms with E-state index < -0.39 is 5.95 Å². The van der Waals surface area contributed by atoms with Crippen molar-refractivity contribution in [2.75, 3.05) is 18.7 Å². The maximum Gasteiger partial charge on any atom is 0.242 e. The molecular weight excluding hydrogens is 381 g/mol. The van der Waals surface area contributed by atoms with Crippen molar-refractivity contribution in [3.05, 3.63) is 102 Å². The molecule has 0 radical (unpaired) electrons. The molecule has 0 fully saturated rings. The Bertz CT molecular complexity index is 1040. The number of phenolic OH excluding ortho intramolecular Hbond substituents is 1. The van der Waals surface area contributed by atoms with Gasteiger partial charge in [0.05, 0.1) is 5.69 Å². The van der Waals surface area contributed by atoms with Crippen LogP contribution in [0, 0.1) is 0 Å². The summed E-state index contributed by atoms with van der Waals surface area (Å²) in [5.74, 6) is -0.424. The number of benzene rings is 3. The molecule has 3 aromatic rings. The number of aromatic hydroxyl groups is 1. The molecule has 0 unspecified atom stereocenters. The van der Waals surface area contributed by atoms with E-state index in [4.69, 9.17) is 0 Å². The molecule has 0 bridgehead atoms. The summed E-state index contributed by atoms with van der Waals surface area (Å²) < 4.78 is 15.6. The Hall–Kier alpha value is -3.71. The number of hydrazine groups is 1. The van der Waals surface area contributed by atoms with Crippen LogP contribution in [0.5, 0.6) is 5.75 Å². The van der Waals surface area contributed by atoms with Crippen molar-refractivity contribution >= 4 is 11.4 Å². The van der Waals surface area contributed by atoms with Crippen molar-refractivity contribution in [2.45, 2.75) is 6.54 Å². The van der Waals surface area contributed by atoms with Gasteiger partial charge < -0.3 is 5.11 Å². The maximum absolute atomic E-state index is 15.6. The lowest BCUT2D eigenvalue weighted by molar-refractivity contribution is 0.128. The standard InChI is InChI=1S/C23H22FN5O/c1-27(16-18-8-4-2-5-9-18)17-28-26-25-22(19-12-14-21(30)15-13-19)23(24)29(28)20-10-6-3-7-11-20/h2-15,30H,16-17H2,1H3. The molecular formula is C23H22FN5O. The monoisotopic (exact) mass is 403 g/mol. The molecule has 1 N–H and O–H groups in total. The van der Waals surface area contributed by atoms with Crippen LogP contribution in [-0.4, -0.2) is 28.8 Å². The van der Waals surface area contributed by atoms with Crippen molar-refractivity contribution in [1.82, 2.24) is 10.0 Å². The topological polar surface area (TPSA) is 54.7 Å². The third-order valence-electron chi connectivity index (χ3n) is 4.66. The second kappa shape index (κ2) is 8.75. The first-order valence-electron chi connectivity index (χ1n) is 9.58. The smallest absolute Gasteiger partial charge is 0.242 e. The summed E-state index contributed by atoms with van der Waals surface area (Å²) in [5, 5.41) is 20.9. The van der Waals surface area contributed by atoms with Crippen LogP contribution in [0.1, 0.15) is 11.1 Å². The van der Waals surface area contributed by atoms with Crippen molar-refractivity contribution in [1.29, 1.82) is 0 Å². The molecule has 0 atom stereocenters. The fourth-order valence-corrected chi connectivity index (χ4v) is 3.24. The molecule has 0 saturated carbocycles. The minimum Gasteiger partial charge on any atom is -0.508 e. The summed E-state index contributed by atoms with van der Waals surface area (Å²) in [7, 11) is 1.95. The minimum atomic E-state index is -0.532. The van der Waals surface area contributed by atoms with Crippen LogP contribution in [0.2, 0.25) is 0 Å². The van der Waals surface area contributed by atoms with Gasteiger partial charge in [0.25, 0.3) is 0 Å². The van der Waals surface area contributed by atoms with Crippen molar-refractivity contribution < 1.29 is 9.50 Å². The fourth-order valence-electron chi connectivity index (χ4n) is 3.24. The van der Waals surface area contributed by atoms with E-state index in [-0.39, 0.29) is 11.4 Å². The van der Waals surface area contributed by atoms with Gasteiger partial charge in [0.15, 0.2) is 0 Å². The third kappa shape index (κ3) is 4.31. The van der Waals surface area contributed by atoms with Crippen LogP contribution < -0.4 is 5.01 Å². The van der Waals surface area contributed by atoms with Crippen LogP contribution >= 0.6 is 0 Å². The average molecular weight is 403 g/mol. The van der Waals surface area contributed by atoms with Gasteiger partial charge in [-0.2, -0.15) is 9.51 Å². The molecule has 3 aromatic carbocycles. The molecule has 152 valence electrons. The summed E-state index contributed by atoms with van der Waals surface area (Å²) >= 11 is 0. The molecule has 4 rings (SSSR count). The first kappa shape index (κ1) is 19.6. The van der Waals surface area contributed by atoms with Crippen molar-refractivity contribution in [3.63, 3.8) is 0 Å². The molecule has 1 heterocycles. The molecule has 0 aromatic heterocycles. The lowest BCUT2D eigenvalue weighted by Crippen LogP contribution is -2.44. The van der Waals surface area contributed by atoms with Crippen LogP contribution in [0.25, 0.3) is 5.70 Å². The first-order chi connectivity index (χ1) is 14.6. The van der Waals surface area contributed by atoms with E-state index in [9.17, 15) is 5.11 Å². The Morgan fingerprint density at radius 1 is 0.900 bits per heavy atom. The summed E-state index contributed by atoms with van der Waals surface area (Å²) in [4.78, 5) is 2.03. The lowest BCUT2D eigenvalue weighted by atomic mass is 10.1. The highest BCUT2D eigenvalue weighted by Crippen LogP contribution is 2.34. The van der Waals surface area contributed by atoms with Crippen LogP contribution in [0.15, 0.2) is 101 Å². The Labute approximate surface area is 174 Å². The third-order valence-corrected chi connectivity index (χ3v) is 4.66. The molecule has 1 aliphatic rings. The van der Waals surface area contributed by atoms with E-state index in [1.807, 2.05) is 72.6 Å². The van der Waals surface area contributed by atoms with Gasteiger partial charge >= 0.3 is 0 Å². The number of halogens is 1. The fraction of sp³-hybridized carbons (Fsp3) is 0.130. The lowest BCUT2D eigenvalue weighted by Gasteiger charge is -2.36. The van der Waals surface area contributed by atoms with Gasteiger partial charge in [0, 0.05) is 12.1 Å². The number of nitrogens with zero attached hydrogens (tertiary/aromatic N) is 5. The van der Waals surface area contributed by atoms with Gasteiger partial charge in [-0.3, -0.25) is 4.90 Å². The summed E-state index contributed by atoms with van der Waals surface area (Å²) in [5.41, 5.74) is 2.44. The number of rotatable bonds is 6. The highest BCUT2D eigenvalue weighted by atomic mass is 19.1. The molecule has 0 spiro atoms. The summed E-state index contributed by atoms with van der Waals surface area (Å²) in [6, 6.07) is 25.5. The Balaban J connectivity index is 1.62. The van der Waals surface area contributed by atoms with Crippen LogP contribution in [0.3, 0.4) is 0 Å². The largest absolute Gasteiger partial charge is 0.508 e. The quantitative estimate of drug-likeness (QED) is 0.576. The molecule has 6 nitrogen and oxygen atoms in total. The number of anilines is 1. The number of hydrogen-bond acceptors (Lipinski definition) is 6. The second-order valence-corrected chi connectivity index (χ2v) is 7.04. The molecule has 0 aliphatic carbocycles. The molecule has 1 aliphatic heterocycles.